The Morgan fingerprint density at radius 3 is 2.65 bits per heavy atom. The summed E-state index contributed by atoms with van der Waals surface area (Å²) in [6.07, 6.45) is -0.339. The van der Waals surface area contributed by atoms with Gasteiger partial charge in [0, 0.05) is 18.0 Å². The van der Waals surface area contributed by atoms with Gasteiger partial charge in [-0.2, -0.15) is 0 Å². The molecule has 0 spiro atoms. The van der Waals surface area contributed by atoms with Crippen LogP contribution in [0.15, 0.2) is 23.1 Å². The Morgan fingerprint density at radius 1 is 1.41 bits per heavy atom. The Labute approximate surface area is 101 Å². The highest BCUT2D eigenvalue weighted by atomic mass is 32.2. The summed E-state index contributed by atoms with van der Waals surface area (Å²) in [7, 11) is -1.45. The van der Waals surface area contributed by atoms with Crippen molar-refractivity contribution in [3.05, 3.63) is 29.8 Å². The summed E-state index contributed by atoms with van der Waals surface area (Å²) in [5, 5.41) is 0. The molecule has 0 heterocycles. The summed E-state index contributed by atoms with van der Waals surface area (Å²) in [5.74, 6) is -1.78. The number of benzene rings is 1. The molecule has 1 aromatic carbocycles. The van der Waals surface area contributed by atoms with E-state index in [1.807, 2.05) is 6.92 Å². The van der Waals surface area contributed by atoms with Crippen molar-refractivity contribution >= 4 is 10.8 Å². The van der Waals surface area contributed by atoms with E-state index in [0.29, 0.717) is 6.61 Å². The first-order chi connectivity index (χ1) is 8.08. The molecular weight excluding hydrogens is 248 g/mol. The average Bonchev–Trinajstić information content (AvgIpc) is 2.31. The van der Waals surface area contributed by atoms with Crippen LogP contribution in [0.25, 0.3) is 0 Å². The molecule has 0 aromatic heterocycles. The quantitative estimate of drug-likeness (QED) is 0.845. The smallest absolute Gasteiger partial charge is 0.160 e. The average molecular weight is 263 g/mol. The number of halogens is 2. The van der Waals surface area contributed by atoms with E-state index < -0.39 is 22.4 Å². The monoisotopic (exact) mass is 263 g/mol. The molecule has 2 unspecified atom stereocenters. The summed E-state index contributed by atoms with van der Waals surface area (Å²) in [6, 6.07) is 3.19. The van der Waals surface area contributed by atoms with E-state index in [1.165, 1.54) is 6.07 Å². The van der Waals surface area contributed by atoms with Crippen molar-refractivity contribution in [1.82, 2.24) is 0 Å². The summed E-state index contributed by atoms with van der Waals surface area (Å²) < 4.78 is 42.7. The number of hydrogen-bond donors (Lipinski definition) is 1. The van der Waals surface area contributed by atoms with Gasteiger partial charge < -0.3 is 10.5 Å². The number of rotatable bonds is 6. The molecule has 2 N–H and O–H groups in total. The molecule has 0 saturated heterocycles. The van der Waals surface area contributed by atoms with E-state index in [0.717, 1.165) is 12.1 Å². The summed E-state index contributed by atoms with van der Waals surface area (Å²) in [6.45, 7) is 2.52. The maximum atomic E-state index is 12.9. The molecule has 0 aliphatic rings. The lowest BCUT2D eigenvalue weighted by molar-refractivity contribution is 0.0852. The Balaban J connectivity index is 2.72. The Morgan fingerprint density at radius 2 is 2.12 bits per heavy atom. The third-order valence-electron chi connectivity index (χ3n) is 2.16. The van der Waals surface area contributed by atoms with Crippen molar-refractivity contribution in [3.8, 4) is 0 Å². The maximum absolute atomic E-state index is 12.9. The zero-order valence-electron chi connectivity index (χ0n) is 9.49. The van der Waals surface area contributed by atoms with Crippen LogP contribution in [0, 0.1) is 11.6 Å². The van der Waals surface area contributed by atoms with Gasteiger partial charge in [0.1, 0.15) is 0 Å². The van der Waals surface area contributed by atoms with Gasteiger partial charge in [-0.15, -0.1) is 0 Å². The minimum absolute atomic E-state index is 0.176. The molecule has 1 aromatic rings. The summed E-state index contributed by atoms with van der Waals surface area (Å²) >= 11 is 0. The number of hydrogen-bond acceptors (Lipinski definition) is 3. The topological polar surface area (TPSA) is 52.3 Å². The van der Waals surface area contributed by atoms with Crippen molar-refractivity contribution in [2.24, 2.45) is 5.73 Å². The standard InChI is InChI=1S/C11H15F2NO2S/c1-2-16-8(6-14)7-17(15)9-3-4-10(12)11(13)5-9/h3-5,8H,2,6-7,14H2,1H3. The predicted molar refractivity (Wildman–Crippen MR) is 62.1 cm³/mol. The Kier molecular flexibility index (Phi) is 5.67. The van der Waals surface area contributed by atoms with Gasteiger partial charge in [-0.25, -0.2) is 8.78 Å². The third kappa shape index (κ3) is 4.14. The first kappa shape index (κ1) is 14.2. The van der Waals surface area contributed by atoms with E-state index in [4.69, 9.17) is 10.5 Å². The SMILES string of the molecule is CCOC(CN)CS(=O)c1ccc(F)c(F)c1. The van der Waals surface area contributed by atoms with Gasteiger partial charge in [0.2, 0.25) is 0 Å². The molecule has 0 aliphatic heterocycles. The van der Waals surface area contributed by atoms with Crippen LogP contribution in [0.5, 0.6) is 0 Å². The predicted octanol–water partition coefficient (Wildman–Crippen LogP) is 1.44. The molecule has 0 aliphatic carbocycles. The van der Waals surface area contributed by atoms with Crippen molar-refractivity contribution in [2.45, 2.75) is 17.9 Å². The highest BCUT2D eigenvalue weighted by molar-refractivity contribution is 7.85. The van der Waals surface area contributed by atoms with Crippen molar-refractivity contribution in [2.75, 3.05) is 18.9 Å². The second-order valence-electron chi connectivity index (χ2n) is 3.40. The number of ether oxygens (including phenoxy) is 1. The van der Waals surface area contributed by atoms with Crippen LogP contribution in [0.2, 0.25) is 0 Å². The second kappa shape index (κ2) is 6.78. The van der Waals surface area contributed by atoms with Gasteiger partial charge in [-0.1, -0.05) is 0 Å². The van der Waals surface area contributed by atoms with Crippen molar-refractivity contribution < 1.29 is 17.7 Å². The highest BCUT2D eigenvalue weighted by Gasteiger charge is 2.14. The number of nitrogens with two attached hydrogens (primary N) is 1. The highest BCUT2D eigenvalue weighted by Crippen LogP contribution is 2.13. The van der Waals surface area contributed by atoms with E-state index in [2.05, 4.69) is 0 Å². The Bertz CT molecular complexity index is 401. The van der Waals surface area contributed by atoms with Crippen LogP contribution in [0.3, 0.4) is 0 Å². The van der Waals surface area contributed by atoms with Crippen molar-refractivity contribution in [3.63, 3.8) is 0 Å². The molecule has 6 heteroatoms. The summed E-state index contributed by atoms with van der Waals surface area (Å²) in [4.78, 5) is 0.238. The third-order valence-corrected chi connectivity index (χ3v) is 3.61. The fraction of sp³-hybridized carbons (Fsp3) is 0.455. The van der Waals surface area contributed by atoms with Gasteiger partial charge in [-0.3, -0.25) is 4.21 Å². The van der Waals surface area contributed by atoms with Crippen LogP contribution < -0.4 is 5.73 Å². The first-order valence-corrected chi connectivity index (χ1v) is 6.55. The van der Waals surface area contributed by atoms with Crippen LogP contribution >= 0.6 is 0 Å². The van der Waals surface area contributed by atoms with E-state index in [9.17, 15) is 13.0 Å². The minimum atomic E-state index is -1.45. The minimum Gasteiger partial charge on any atom is -0.376 e. The van der Waals surface area contributed by atoms with Crippen LogP contribution in [-0.4, -0.2) is 29.2 Å². The normalized spacial score (nSPS) is 14.6. The zero-order valence-corrected chi connectivity index (χ0v) is 10.3. The molecule has 0 bridgehead atoms. The van der Waals surface area contributed by atoms with E-state index >= 15 is 0 Å². The van der Waals surface area contributed by atoms with Crippen LogP contribution in [0.4, 0.5) is 8.78 Å². The largest absolute Gasteiger partial charge is 0.376 e. The molecular formula is C11H15F2NO2S. The van der Waals surface area contributed by atoms with Gasteiger partial charge in [0.25, 0.3) is 0 Å². The Hall–Kier alpha value is -0.850. The lowest BCUT2D eigenvalue weighted by Crippen LogP contribution is -2.29. The lowest BCUT2D eigenvalue weighted by atomic mass is 10.3. The molecule has 0 radical (unpaired) electrons. The zero-order chi connectivity index (χ0) is 12.8. The van der Waals surface area contributed by atoms with Gasteiger partial charge in [-0.05, 0) is 25.1 Å². The van der Waals surface area contributed by atoms with E-state index in [-0.39, 0.29) is 23.3 Å². The van der Waals surface area contributed by atoms with Gasteiger partial charge >= 0.3 is 0 Å². The molecule has 3 nitrogen and oxygen atoms in total. The van der Waals surface area contributed by atoms with Crippen LogP contribution in [0.1, 0.15) is 6.92 Å². The molecule has 0 saturated carbocycles. The first-order valence-electron chi connectivity index (χ1n) is 5.23. The fourth-order valence-corrected chi connectivity index (χ4v) is 2.52. The molecule has 1 rings (SSSR count). The molecule has 17 heavy (non-hydrogen) atoms. The maximum Gasteiger partial charge on any atom is 0.160 e. The molecule has 2 atom stereocenters. The molecule has 0 fully saturated rings. The van der Waals surface area contributed by atoms with Crippen LogP contribution in [-0.2, 0) is 15.5 Å². The van der Waals surface area contributed by atoms with Gasteiger partial charge in [0.05, 0.1) is 22.7 Å². The van der Waals surface area contributed by atoms with Gasteiger partial charge in [0.15, 0.2) is 11.6 Å². The molecule has 96 valence electrons. The fourth-order valence-electron chi connectivity index (χ4n) is 1.30. The van der Waals surface area contributed by atoms with E-state index in [1.54, 1.807) is 0 Å². The second-order valence-corrected chi connectivity index (χ2v) is 4.90. The lowest BCUT2D eigenvalue weighted by Gasteiger charge is -2.14. The molecule has 0 amide bonds. The van der Waals surface area contributed by atoms with Crippen molar-refractivity contribution in [1.29, 1.82) is 0 Å². The summed E-state index contributed by atoms with van der Waals surface area (Å²) in [5.41, 5.74) is 5.45.